The van der Waals surface area contributed by atoms with Gasteiger partial charge < -0.3 is 15.6 Å². The zero-order valence-electron chi connectivity index (χ0n) is 16.9. The zero-order chi connectivity index (χ0) is 22.5. The Bertz CT molecular complexity index is 1240. The minimum Gasteiger partial charge on any atom is -0.367 e. The third-order valence-corrected chi connectivity index (χ3v) is 7.33. The molecule has 1 aliphatic heterocycles. The van der Waals surface area contributed by atoms with Crippen molar-refractivity contribution in [3.8, 4) is 11.3 Å². The van der Waals surface area contributed by atoms with Gasteiger partial charge in [0.1, 0.15) is 12.0 Å². The van der Waals surface area contributed by atoms with Gasteiger partial charge in [-0.1, -0.05) is 23.9 Å². The number of aromatic nitrogens is 3. The first kappa shape index (κ1) is 20.9. The summed E-state index contributed by atoms with van der Waals surface area (Å²) in [6.45, 7) is -0.0299. The SMILES string of the molecule is NC(=O)C1SC2=C(CCCC2)N1Cc1ccc(-c2ncnc3[nH]ccc23)cc1C(F)(F)F. The lowest BCUT2D eigenvalue weighted by molar-refractivity contribution is -0.138. The zero-order valence-corrected chi connectivity index (χ0v) is 17.8. The number of halogens is 3. The summed E-state index contributed by atoms with van der Waals surface area (Å²) in [5.41, 5.74) is 7.25. The van der Waals surface area contributed by atoms with Crippen molar-refractivity contribution in [1.82, 2.24) is 19.9 Å². The van der Waals surface area contributed by atoms with Gasteiger partial charge in [0.05, 0.1) is 11.3 Å². The summed E-state index contributed by atoms with van der Waals surface area (Å²) >= 11 is 1.38. The number of hydrogen-bond acceptors (Lipinski definition) is 5. The Balaban J connectivity index is 1.56. The molecule has 5 rings (SSSR count). The van der Waals surface area contributed by atoms with Gasteiger partial charge in [0.2, 0.25) is 0 Å². The molecule has 0 fully saturated rings. The van der Waals surface area contributed by atoms with Gasteiger partial charge in [-0.3, -0.25) is 4.79 Å². The fourth-order valence-electron chi connectivity index (χ4n) is 4.43. The lowest BCUT2D eigenvalue weighted by Gasteiger charge is -2.29. The van der Waals surface area contributed by atoms with E-state index in [1.54, 1.807) is 23.2 Å². The fraction of sp³-hybridized carbons (Fsp3) is 0.318. The molecule has 0 saturated heterocycles. The van der Waals surface area contributed by atoms with E-state index in [0.29, 0.717) is 22.3 Å². The standard InChI is InChI=1S/C22H20F3N5OS/c23-22(24,25)15-9-12(18-14-7-8-27-20(14)29-11-28-18)5-6-13(15)10-30-16-3-1-2-4-17(16)32-21(30)19(26)31/h5-9,11,21H,1-4,10H2,(H2,26,31)(H,27,28,29). The number of nitrogens with zero attached hydrogens (tertiary/aromatic N) is 3. The summed E-state index contributed by atoms with van der Waals surface area (Å²) in [4.78, 5) is 26.1. The summed E-state index contributed by atoms with van der Waals surface area (Å²) in [6, 6.07) is 5.98. The second-order valence-corrected chi connectivity index (χ2v) is 9.08. The van der Waals surface area contributed by atoms with Crippen molar-refractivity contribution in [2.45, 2.75) is 43.8 Å². The molecule has 0 radical (unpaired) electrons. The molecule has 32 heavy (non-hydrogen) atoms. The van der Waals surface area contributed by atoms with Crippen molar-refractivity contribution < 1.29 is 18.0 Å². The van der Waals surface area contributed by atoms with Crippen LogP contribution in [0.25, 0.3) is 22.3 Å². The maximum absolute atomic E-state index is 14.1. The van der Waals surface area contributed by atoms with Gasteiger partial charge >= 0.3 is 6.18 Å². The lowest BCUT2D eigenvalue weighted by atomic mass is 9.98. The van der Waals surface area contributed by atoms with E-state index in [4.69, 9.17) is 5.73 Å². The molecule has 1 aliphatic carbocycles. The molecular weight excluding hydrogens is 439 g/mol. The molecule has 2 aliphatic rings. The monoisotopic (exact) mass is 459 g/mol. The number of carbonyl (C=O) groups is 1. The van der Waals surface area contributed by atoms with Crippen molar-refractivity contribution >= 4 is 28.7 Å². The number of primary amides is 1. The topological polar surface area (TPSA) is 87.9 Å². The molecule has 1 unspecified atom stereocenters. The van der Waals surface area contributed by atoms with Crippen LogP contribution in [-0.2, 0) is 17.5 Å². The molecular formula is C22H20F3N5OS. The molecule has 6 nitrogen and oxygen atoms in total. The first-order chi connectivity index (χ1) is 15.3. The largest absolute Gasteiger partial charge is 0.416 e. The molecule has 0 bridgehead atoms. The number of alkyl halides is 3. The van der Waals surface area contributed by atoms with Crippen LogP contribution >= 0.6 is 11.8 Å². The normalized spacial score (nSPS) is 19.0. The van der Waals surface area contributed by atoms with Crippen LogP contribution < -0.4 is 5.73 Å². The third-order valence-electron chi connectivity index (χ3n) is 5.90. The molecule has 1 amide bonds. The number of H-pyrrole nitrogens is 1. The van der Waals surface area contributed by atoms with Crippen LogP contribution in [0.15, 0.2) is 47.4 Å². The number of hydrogen-bond donors (Lipinski definition) is 2. The summed E-state index contributed by atoms with van der Waals surface area (Å²) in [7, 11) is 0. The van der Waals surface area contributed by atoms with Crippen LogP contribution in [0.1, 0.15) is 36.8 Å². The summed E-state index contributed by atoms with van der Waals surface area (Å²) in [6.07, 6.45) is 1.99. The van der Waals surface area contributed by atoms with Gasteiger partial charge in [-0.2, -0.15) is 13.2 Å². The first-order valence-electron chi connectivity index (χ1n) is 10.3. The third kappa shape index (κ3) is 3.62. The molecule has 2 aromatic heterocycles. The number of nitrogens with two attached hydrogens (primary N) is 1. The maximum atomic E-state index is 14.1. The van der Waals surface area contributed by atoms with Gasteiger partial charge in [0.15, 0.2) is 5.37 Å². The highest BCUT2D eigenvalue weighted by Crippen LogP contribution is 2.47. The summed E-state index contributed by atoms with van der Waals surface area (Å²) < 4.78 is 42.3. The van der Waals surface area contributed by atoms with E-state index in [-0.39, 0.29) is 12.1 Å². The molecule has 166 valence electrons. The average Bonchev–Trinajstić information content (AvgIpc) is 3.38. The van der Waals surface area contributed by atoms with Crippen LogP contribution in [0.4, 0.5) is 13.2 Å². The van der Waals surface area contributed by atoms with Crippen LogP contribution in [0.3, 0.4) is 0 Å². The van der Waals surface area contributed by atoms with Crippen molar-refractivity contribution in [2.75, 3.05) is 0 Å². The molecule has 1 atom stereocenters. The molecule has 3 aromatic rings. The number of benzene rings is 1. The highest BCUT2D eigenvalue weighted by Gasteiger charge is 2.39. The second kappa shape index (κ2) is 7.84. The Morgan fingerprint density at radius 3 is 2.81 bits per heavy atom. The van der Waals surface area contributed by atoms with Crippen molar-refractivity contribution in [1.29, 1.82) is 0 Å². The molecule has 3 N–H and O–H groups in total. The number of fused-ring (bicyclic) bond motifs is 1. The quantitative estimate of drug-likeness (QED) is 0.586. The number of thioether (sulfide) groups is 1. The van der Waals surface area contributed by atoms with E-state index < -0.39 is 23.0 Å². The Kier molecular flexibility index (Phi) is 5.11. The van der Waals surface area contributed by atoms with Crippen molar-refractivity contribution in [2.24, 2.45) is 5.73 Å². The Labute approximate surface area is 186 Å². The van der Waals surface area contributed by atoms with Crippen LogP contribution in [0.2, 0.25) is 0 Å². The maximum Gasteiger partial charge on any atom is 0.416 e. The Morgan fingerprint density at radius 2 is 2.03 bits per heavy atom. The predicted octanol–water partition coefficient (Wildman–Crippen LogP) is 4.79. The van der Waals surface area contributed by atoms with Crippen molar-refractivity contribution in [3.63, 3.8) is 0 Å². The molecule has 1 aromatic carbocycles. The summed E-state index contributed by atoms with van der Waals surface area (Å²) in [5.74, 6) is -0.537. The van der Waals surface area contributed by atoms with E-state index in [1.807, 2.05) is 0 Å². The van der Waals surface area contributed by atoms with Crippen LogP contribution in [-0.4, -0.2) is 31.1 Å². The molecule has 0 spiro atoms. The second-order valence-electron chi connectivity index (χ2n) is 7.91. The van der Waals surface area contributed by atoms with E-state index in [0.717, 1.165) is 42.4 Å². The van der Waals surface area contributed by atoms with E-state index in [9.17, 15) is 18.0 Å². The predicted molar refractivity (Wildman–Crippen MR) is 116 cm³/mol. The highest BCUT2D eigenvalue weighted by atomic mass is 32.2. The van der Waals surface area contributed by atoms with Gasteiger partial charge in [-0.25, -0.2) is 9.97 Å². The minimum absolute atomic E-state index is 0.0299. The minimum atomic E-state index is -4.56. The highest BCUT2D eigenvalue weighted by molar-refractivity contribution is 8.04. The smallest absolute Gasteiger partial charge is 0.367 e. The summed E-state index contributed by atoms with van der Waals surface area (Å²) in [5, 5.41) is -0.0321. The number of rotatable bonds is 4. The first-order valence-corrected chi connectivity index (χ1v) is 11.1. The van der Waals surface area contributed by atoms with Crippen LogP contribution in [0.5, 0.6) is 0 Å². The van der Waals surface area contributed by atoms with Gasteiger partial charge in [0.25, 0.3) is 5.91 Å². The van der Waals surface area contributed by atoms with Crippen molar-refractivity contribution in [3.05, 3.63) is 58.5 Å². The van der Waals surface area contributed by atoms with E-state index >= 15 is 0 Å². The molecule has 0 saturated carbocycles. The number of amides is 1. The molecule has 3 heterocycles. The Hall–Kier alpha value is -3.01. The number of allylic oxidation sites excluding steroid dienone is 2. The fourth-order valence-corrected chi connectivity index (χ4v) is 5.77. The van der Waals surface area contributed by atoms with Gasteiger partial charge in [0, 0.05) is 34.3 Å². The number of aromatic amines is 1. The molecule has 10 heteroatoms. The number of nitrogens with one attached hydrogen (secondary N) is 1. The average molecular weight is 459 g/mol. The van der Waals surface area contributed by atoms with Gasteiger partial charge in [-0.15, -0.1) is 0 Å². The Morgan fingerprint density at radius 1 is 1.22 bits per heavy atom. The number of carbonyl (C=O) groups excluding carboxylic acids is 1. The van der Waals surface area contributed by atoms with E-state index in [2.05, 4.69) is 15.0 Å². The van der Waals surface area contributed by atoms with Crippen LogP contribution in [0, 0.1) is 0 Å². The van der Waals surface area contributed by atoms with E-state index in [1.165, 1.54) is 24.2 Å². The van der Waals surface area contributed by atoms with Gasteiger partial charge in [-0.05, 0) is 43.4 Å². The lowest BCUT2D eigenvalue weighted by Crippen LogP contribution is -2.39.